The van der Waals surface area contributed by atoms with E-state index in [-0.39, 0.29) is 0 Å². The van der Waals surface area contributed by atoms with Crippen LogP contribution in [-0.2, 0) is 6.54 Å². The molecule has 3 heteroatoms. The second-order valence-corrected chi connectivity index (χ2v) is 5.35. The molecule has 2 rings (SSSR count). The molecular formula is C14H21ClN2. The highest BCUT2D eigenvalue weighted by Crippen LogP contribution is 2.19. The third kappa shape index (κ3) is 3.44. The smallest absolute Gasteiger partial charge is 0.0438 e. The van der Waals surface area contributed by atoms with Gasteiger partial charge in [0.15, 0.2) is 0 Å². The molecule has 1 aliphatic rings. The third-order valence-corrected chi connectivity index (χ3v) is 3.96. The molecule has 0 bridgehead atoms. The van der Waals surface area contributed by atoms with Gasteiger partial charge in [0.25, 0.3) is 0 Å². The molecule has 1 saturated heterocycles. The fourth-order valence-electron chi connectivity index (χ4n) is 2.43. The zero-order valence-electron chi connectivity index (χ0n) is 10.7. The SMILES string of the molecule is CNC1CCCN(Cc2ccc(C)c(Cl)c2)C1. The van der Waals surface area contributed by atoms with Crippen LogP contribution in [0.15, 0.2) is 18.2 Å². The summed E-state index contributed by atoms with van der Waals surface area (Å²) in [7, 11) is 2.05. The zero-order chi connectivity index (χ0) is 12.3. The van der Waals surface area contributed by atoms with Gasteiger partial charge in [-0.25, -0.2) is 0 Å². The maximum Gasteiger partial charge on any atom is 0.0438 e. The Labute approximate surface area is 109 Å². The summed E-state index contributed by atoms with van der Waals surface area (Å²) >= 11 is 6.16. The van der Waals surface area contributed by atoms with E-state index < -0.39 is 0 Å². The molecule has 94 valence electrons. The van der Waals surface area contributed by atoms with Gasteiger partial charge in [0.1, 0.15) is 0 Å². The van der Waals surface area contributed by atoms with Gasteiger partial charge in [0, 0.05) is 24.2 Å². The summed E-state index contributed by atoms with van der Waals surface area (Å²) in [5.41, 5.74) is 2.47. The Morgan fingerprint density at radius 1 is 1.47 bits per heavy atom. The van der Waals surface area contributed by atoms with E-state index in [9.17, 15) is 0 Å². The molecule has 17 heavy (non-hydrogen) atoms. The van der Waals surface area contributed by atoms with Crippen molar-refractivity contribution in [2.45, 2.75) is 32.4 Å². The fourth-order valence-corrected chi connectivity index (χ4v) is 2.63. The second kappa shape index (κ2) is 5.85. The van der Waals surface area contributed by atoms with Crippen LogP contribution in [0.4, 0.5) is 0 Å². The summed E-state index contributed by atoms with van der Waals surface area (Å²) < 4.78 is 0. The number of aryl methyl sites for hydroxylation is 1. The van der Waals surface area contributed by atoms with Crippen molar-refractivity contribution in [3.05, 3.63) is 34.3 Å². The van der Waals surface area contributed by atoms with Crippen LogP contribution in [0.25, 0.3) is 0 Å². The van der Waals surface area contributed by atoms with Crippen molar-refractivity contribution in [1.82, 2.24) is 10.2 Å². The molecule has 1 aromatic rings. The van der Waals surface area contributed by atoms with E-state index in [1.807, 2.05) is 6.92 Å². The molecular weight excluding hydrogens is 232 g/mol. The highest BCUT2D eigenvalue weighted by atomic mass is 35.5. The minimum absolute atomic E-state index is 0.643. The van der Waals surface area contributed by atoms with E-state index in [1.165, 1.54) is 24.9 Å². The molecule has 1 atom stereocenters. The number of nitrogens with one attached hydrogen (secondary N) is 1. The summed E-state index contributed by atoms with van der Waals surface area (Å²) in [4.78, 5) is 2.51. The number of likely N-dealkylation sites (tertiary alicyclic amines) is 1. The minimum atomic E-state index is 0.643. The molecule has 0 saturated carbocycles. The van der Waals surface area contributed by atoms with E-state index >= 15 is 0 Å². The molecule has 1 N–H and O–H groups in total. The number of benzene rings is 1. The molecule has 0 amide bonds. The molecule has 0 radical (unpaired) electrons. The number of hydrogen-bond acceptors (Lipinski definition) is 2. The van der Waals surface area contributed by atoms with Crippen molar-refractivity contribution in [3.8, 4) is 0 Å². The summed E-state index contributed by atoms with van der Waals surface area (Å²) in [5.74, 6) is 0. The predicted molar refractivity (Wildman–Crippen MR) is 73.5 cm³/mol. The van der Waals surface area contributed by atoms with Gasteiger partial charge in [0.2, 0.25) is 0 Å². The number of rotatable bonds is 3. The Bertz CT molecular complexity index is 378. The van der Waals surface area contributed by atoms with Gasteiger partial charge in [-0.15, -0.1) is 0 Å². The highest BCUT2D eigenvalue weighted by Gasteiger charge is 2.18. The van der Waals surface area contributed by atoms with Crippen LogP contribution >= 0.6 is 11.6 Å². The van der Waals surface area contributed by atoms with Gasteiger partial charge >= 0.3 is 0 Å². The summed E-state index contributed by atoms with van der Waals surface area (Å²) in [6, 6.07) is 7.03. The molecule has 1 unspecified atom stereocenters. The normalized spacial score (nSPS) is 21.7. The summed E-state index contributed by atoms with van der Waals surface area (Å²) in [6.45, 7) is 5.40. The Kier molecular flexibility index (Phi) is 4.43. The first kappa shape index (κ1) is 12.9. The topological polar surface area (TPSA) is 15.3 Å². The zero-order valence-corrected chi connectivity index (χ0v) is 11.4. The van der Waals surface area contributed by atoms with Crippen molar-refractivity contribution in [2.24, 2.45) is 0 Å². The van der Waals surface area contributed by atoms with E-state index in [4.69, 9.17) is 11.6 Å². The largest absolute Gasteiger partial charge is 0.316 e. The molecule has 0 aromatic heterocycles. The van der Waals surface area contributed by atoms with Crippen LogP contribution in [0.5, 0.6) is 0 Å². The van der Waals surface area contributed by atoms with Crippen molar-refractivity contribution >= 4 is 11.6 Å². The first-order valence-electron chi connectivity index (χ1n) is 6.33. The second-order valence-electron chi connectivity index (χ2n) is 4.95. The molecule has 1 aromatic carbocycles. The van der Waals surface area contributed by atoms with Gasteiger partial charge in [-0.3, -0.25) is 4.90 Å². The monoisotopic (exact) mass is 252 g/mol. The summed E-state index contributed by atoms with van der Waals surface area (Å²) in [5, 5.41) is 4.25. The minimum Gasteiger partial charge on any atom is -0.316 e. The Balaban J connectivity index is 1.97. The van der Waals surface area contributed by atoms with E-state index in [0.717, 1.165) is 23.7 Å². The average Bonchev–Trinajstić information content (AvgIpc) is 2.34. The maximum atomic E-state index is 6.16. The number of halogens is 1. The standard InChI is InChI=1S/C14H21ClN2/c1-11-5-6-12(8-14(11)15)9-17-7-3-4-13(10-17)16-2/h5-6,8,13,16H,3-4,7,9-10H2,1-2H3. The van der Waals surface area contributed by atoms with Crippen LogP contribution in [0, 0.1) is 6.92 Å². The van der Waals surface area contributed by atoms with E-state index in [1.54, 1.807) is 0 Å². The number of likely N-dealkylation sites (N-methyl/N-ethyl adjacent to an activating group) is 1. The van der Waals surface area contributed by atoms with Gasteiger partial charge in [0.05, 0.1) is 0 Å². The van der Waals surface area contributed by atoms with Gasteiger partial charge in [-0.1, -0.05) is 23.7 Å². The molecule has 1 fully saturated rings. The lowest BCUT2D eigenvalue weighted by Gasteiger charge is -2.32. The number of piperidine rings is 1. The lowest BCUT2D eigenvalue weighted by atomic mass is 10.0. The van der Waals surface area contributed by atoms with Crippen molar-refractivity contribution in [3.63, 3.8) is 0 Å². The Hall–Kier alpha value is -0.570. The van der Waals surface area contributed by atoms with Crippen LogP contribution in [0.1, 0.15) is 24.0 Å². The van der Waals surface area contributed by atoms with Crippen molar-refractivity contribution in [2.75, 3.05) is 20.1 Å². The average molecular weight is 253 g/mol. The van der Waals surface area contributed by atoms with Crippen LogP contribution in [0.3, 0.4) is 0 Å². The Morgan fingerprint density at radius 3 is 3.00 bits per heavy atom. The first-order chi connectivity index (χ1) is 8.19. The van der Waals surface area contributed by atoms with Gasteiger partial charge < -0.3 is 5.32 Å². The van der Waals surface area contributed by atoms with E-state index in [0.29, 0.717) is 6.04 Å². The first-order valence-corrected chi connectivity index (χ1v) is 6.71. The predicted octanol–water partition coefficient (Wildman–Crippen LogP) is 2.83. The molecule has 0 spiro atoms. The van der Waals surface area contributed by atoms with Crippen LogP contribution < -0.4 is 5.32 Å². The quantitative estimate of drug-likeness (QED) is 0.890. The molecule has 0 aliphatic carbocycles. The fraction of sp³-hybridized carbons (Fsp3) is 0.571. The highest BCUT2D eigenvalue weighted by molar-refractivity contribution is 6.31. The Morgan fingerprint density at radius 2 is 2.29 bits per heavy atom. The maximum absolute atomic E-state index is 6.16. The lowest BCUT2D eigenvalue weighted by molar-refractivity contribution is 0.188. The lowest BCUT2D eigenvalue weighted by Crippen LogP contribution is -2.43. The van der Waals surface area contributed by atoms with Crippen molar-refractivity contribution < 1.29 is 0 Å². The molecule has 1 heterocycles. The van der Waals surface area contributed by atoms with E-state index in [2.05, 4.69) is 35.5 Å². The van der Waals surface area contributed by atoms with Gasteiger partial charge in [-0.2, -0.15) is 0 Å². The van der Waals surface area contributed by atoms with Crippen LogP contribution in [0.2, 0.25) is 5.02 Å². The summed E-state index contributed by atoms with van der Waals surface area (Å²) in [6.07, 6.45) is 2.58. The third-order valence-electron chi connectivity index (χ3n) is 3.56. The molecule has 1 aliphatic heterocycles. The number of hydrogen-bond donors (Lipinski definition) is 1. The molecule has 2 nitrogen and oxygen atoms in total. The number of nitrogens with zero attached hydrogens (tertiary/aromatic N) is 1. The van der Waals surface area contributed by atoms with Crippen LogP contribution in [-0.4, -0.2) is 31.1 Å². The van der Waals surface area contributed by atoms with Gasteiger partial charge in [-0.05, 0) is 50.6 Å². The van der Waals surface area contributed by atoms with Crippen molar-refractivity contribution in [1.29, 1.82) is 0 Å².